The summed E-state index contributed by atoms with van der Waals surface area (Å²) in [6, 6.07) is 19.5. The van der Waals surface area contributed by atoms with E-state index in [2.05, 4.69) is 59.9 Å². The van der Waals surface area contributed by atoms with Crippen LogP contribution in [0.4, 0.5) is 5.69 Å². The molecule has 0 bridgehead atoms. The summed E-state index contributed by atoms with van der Waals surface area (Å²) < 4.78 is 0. The van der Waals surface area contributed by atoms with Gasteiger partial charge < -0.3 is 5.32 Å². The molecule has 3 aromatic rings. The molecule has 0 saturated carbocycles. The van der Waals surface area contributed by atoms with Crippen LogP contribution in [0.5, 0.6) is 0 Å². The molecule has 0 amide bonds. The van der Waals surface area contributed by atoms with Gasteiger partial charge in [0.15, 0.2) is 0 Å². The Balaban J connectivity index is 1.25. The molecule has 1 N–H and O–H groups in total. The van der Waals surface area contributed by atoms with Crippen molar-refractivity contribution in [3.63, 3.8) is 0 Å². The molecule has 4 rings (SSSR count). The van der Waals surface area contributed by atoms with E-state index in [0.717, 1.165) is 18.5 Å². The van der Waals surface area contributed by atoms with Crippen LogP contribution in [-0.2, 0) is 19.3 Å². The third-order valence-corrected chi connectivity index (χ3v) is 5.96. The molecule has 2 heteroatoms. The summed E-state index contributed by atoms with van der Waals surface area (Å²) in [7, 11) is 0. The Morgan fingerprint density at radius 1 is 0.750 bits per heavy atom. The van der Waals surface area contributed by atoms with Gasteiger partial charge in [0, 0.05) is 23.3 Å². The molecule has 0 spiro atoms. The Morgan fingerprint density at radius 3 is 2.43 bits per heavy atom. The minimum Gasteiger partial charge on any atom is -0.384 e. The SMILES string of the molecule is c1ccc(CCCCCCCNc2c3c(nc4ccccc24)CCCC3)cc1. The number of aromatic nitrogens is 1. The highest BCUT2D eigenvalue weighted by atomic mass is 14.9. The van der Waals surface area contributed by atoms with Crippen LogP contribution < -0.4 is 5.32 Å². The second kappa shape index (κ2) is 9.73. The Morgan fingerprint density at radius 2 is 1.50 bits per heavy atom. The van der Waals surface area contributed by atoms with Crippen LogP contribution in [0, 0.1) is 0 Å². The fourth-order valence-electron chi connectivity index (χ4n) is 4.42. The van der Waals surface area contributed by atoms with Crippen LogP contribution in [0.2, 0.25) is 0 Å². The van der Waals surface area contributed by atoms with Crippen LogP contribution >= 0.6 is 0 Å². The van der Waals surface area contributed by atoms with Crippen molar-refractivity contribution in [1.82, 2.24) is 4.98 Å². The zero-order valence-corrected chi connectivity index (χ0v) is 16.9. The number of para-hydroxylation sites is 1. The number of nitrogens with one attached hydrogen (secondary N) is 1. The first-order valence-electron chi connectivity index (χ1n) is 11.1. The summed E-state index contributed by atoms with van der Waals surface area (Å²) in [6.45, 7) is 1.07. The van der Waals surface area contributed by atoms with Gasteiger partial charge in [-0.15, -0.1) is 0 Å². The van der Waals surface area contributed by atoms with Crippen molar-refractivity contribution >= 4 is 16.6 Å². The number of unbranched alkanes of at least 4 members (excludes halogenated alkanes) is 4. The fourth-order valence-corrected chi connectivity index (χ4v) is 4.42. The summed E-state index contributed by atoms with van der Waals surface area (Å²) >= 11 is 0. The predicted molar refractivity (Wildman–Crippen MR) is 120 cm³/mol. The van der Waals surface area contributed by atoms with Gasteiger partial charge in [0.25, 0.3) is 0 Å². The van der Waals surface area contributed by atoms with E-state index >= 15 is 0 Å². The zero-order chi connectivity index (χ0) is 19.0. The molecule has 0 fully saturated rings. The summed E-state index contributed by atoms with van der Waals surface area (Å²) in [5, 5.41) is 5.09. The second-order valence-corrected chi connectivity index (χ2v) is 8.07. The van der Waals surface area contributed by atoms with Crippen molar-refractivity contribution in [2.75, 3.05) is 11.9 Å². The maximum Gasteiger partial charge on any atom is 0.0726 e. The topological polar surface area (TPSA) is 24.9 Å². The molecular weight excluding hydrogens is 340 g/mol. The van der Waals surface area contributed by atoms with Gasteiger partial charge in [0.2, 0.25) is 0 Å². The quantitative estimate of drug-likeness (QED) is 0.422. The summed E-state index contributed by atoms with van der Waals surface area (Å²) in [5.74, 6) is 0. The summed E-state index contributed by atoms with van der Waals surface area (Å²) in [5.41, 5.74) is 6.79. The lowest BCUT2D eigenvalue weighted by molar-refractivity contribution is 0.623. The first kappa shape index (κ1) is 19.0. The lowest BCUT2D eigenvalue weighted by atomic mass is 9.92. The lowest BCUT2D eigenvalue weighted by Crippen LogP contribution is -2.12. The molecule has 1 aliphatic carbocycles. The van der Waals surface area contributed by atoms with Crippen molar-refractivity contribution in [2.24, 2.45) is 0 Å². The average Bonchev–Trinajstić information content (AvgIpc) is 2.75. The molecule has 2 nitrogen and oxygen atoms in total. The molecule has 28 heavy (non-hydrogen) atoms. The number of anilines is 1. The van der Waals surface area contributed by atoms with Gasteiger partial charge >= 0.3 is 0 Å². The molecule has 0 unspecified atom stereocenters. The highest BCUT2D eigenvalue weighted by molar-refractivity contribution is 5.93. The van der Waals surface area contributed by atoms with E-state index in [0.29, 0.717) is 0 Å². The van der Waals surface area contributed by atoms with Gasteiger partial charge in [-0.25, -0.2) is 0 Å². The van der Waals surface area contributed by atoms with Gasteiger partial charge in [0.1, 0.15) is 0 Å². The third kappa shape index (κ3) is 4.73. The summed E-state index contributed by atoms with van der Waals surface area (Å²) in [4.78, 5) is 4.94. The Hall–Kier alpha value is -2.35. The maximum absolute atomic E-state index is 4.94. The number of nitrogens with zero attached hydrogens (tertiary/aromatic N) is 1. The minimum absolute atomic E-state index is 1.07. The van der Waals surface area contributed by atoms with E-state index in [4.69, 9.17) is 4.98 Å². The summed E-state index contributed by atoms with van der Waals surface area (Å²) in [6.07, 6.45) is 12.6. The van der Waals surface area contributed by atoms with E-state index in [-0.39, 0.29) is 0 Å². The van der Waals surface area contributed by atoms with Gasteiger partial charge in [-0.05, 0) is 62.1 Å². The average molecular weight is 373 g/mol. The maximum atomic E-state index is 4.94. The van der Waals surface area contributed by atoms with E-state index in [1.165, 1.54) is 85.7 Å². The Bertz CT molecular complexity index is 886. The number of rotatable bonds is 9. The number of hydrogen-bond acceptors (Lipinski definition) is 2. The normalized spacial score (nSPS) is 13.4. The van der Waals surface area contributed by atoms with E-state index < -0.39 is 0 Å². The molecule has 0 aliphatic heterocycles. The number of hydrogen-bond donors (Lipinski definition) is 1. The van der Waals surface area contributed by atoms with Crippen molar-refractivity contribution in [3.8, 4) is 0 Å². The van der Waals surface area contributed by atoms with Gasteiger partial charge in [-0.3, -0.25) is 4.98 Å². The van der Waals surface area contributed by atoms with E-state index in [1.807, 2.05) is 0 Å². The molecule has 0 saturated heterocycles. The first-order chi connectivity index (χ1) is 13.9. The lowest BCUT2D eigenvalue weighted by Gasteiger charge is -2.21. The van der Waals surface area contributed by atoms with Crippen molar-refractivity contribution < 1.29 is 0 Å². The molecule has 2 aromatic carbocycles. The van der Waals surface area contributed by atoms with Crippen LogP contribution in [-0.4, -0.2) is 11.5 Å². The van der Waals surface area contributed by atoms with Gasteiger partial charge in [0.05, 0.1) is 5.52 Å². The minimum atomic E-state index is 1.07. The molecule has 1 aliphatic rings. The van der Waals surface area contributed by atoms with Crippen molar-refractivity contribution in [1.29, 1.82) is 0 Å². The predicted octanol–water partition coefficient (Wildman–Crippen LogP) is 6.72. The number of pyridine rings is 1. The second-order valence-electron chi connectivity index (χ2n) is 8.07. The van der Waals surface area contributed by atoms with E-state index in [9.17, 15) is 0 Å². The highest BCUT2D eigenvalue weighted by Gasteiger charge is 2.17. The Labute approximate surface area is 169 Å². The van der Waals surface area contributed by atoms with Gasteiger partial charge in [-0.1, -0.05) is 67.8 Å². The fraction of sp³-hybridized carbons (Fsp3) is 0.423. The van der Waals surface area contributed by atoms with Crippen LogP contribution in [0.15, 0.2) is 54.6 Å². The van der Waals surface area contributed by atoms with Crippen molar-refractivity contribution in [2.45, 2.75) is 64.2 Å². The van der Waals surface area contributed by atoms with Crippen LogP contribution in [0.3, 0.4) is 0 Å². The molecule has 1 aromatic heterocycles. The monoisotopic (exact) mass is 372 g/mol. The number of benzene rings is 2. The standard InChI is InChI=1S/C26H32N2/c1(2-5-13-21-14-6-4-7-15-21)3-12-20-27-26-22-16-8-10-18-24(22)28-25-19-11-9-17-23(25)26/h4,6-8,10,14-16,18H,1-3,5,9,11-13,17,19-20H2,(H,27,28). The molecular formula is C26H32N2. The van der Waals surface area contributed by atoms with Crippen LogP contribution in [0.1, 0.15) is 61.8 Å². The van der Waals surface area contributed by atoms with Gasteiger partial charge in [-0.2, -0.15) is 0 Å². The number of aryl methyl sites for hydroxylation is 2. The van der Waals surface area contributed by atoms with Crippen LogP contribution in [0.25, 0.3) is 10.9 Å². The molecule has 146 valence electrons. The molecule has 0 radical (unpaired) electrons. The van der Waals surface area contributed by atoms with E-state index in [1.54, 1.807) is 0 Å². The molecule has 1 heterocycles. The third-order valence-electron chi connectivity index (χ3n) is 5.96. The van der Waals surface area contributed by atoms with Crippen molar-refractivity contribution in [3.05, 3.63) is 71.4 Å². The Kier molecular flexibility index (Phi) is 6.60. The smallest absolute Gasteiger partial charge is 0.0726 e. The molecule has 0 atom stereocenters. The highest BCUT2D eigenvalue weighted by Crippen LogP contribution is 2.33. The first-order valence-corrected chi connectivity index (χ1v) is 11.1. The number of fused-ring (bicyclic) bond motifs is 2. The zero-order valence-electron chi connectivity index (χ0n) is 16.9. The largest absolute Gasteiger partial charge is 0.384 e.